The summed E-state index contributed by atoms with van der Waals surface area (Å²) < 4.78 is 1.82. The van der Waals surface area contributed by atoms with Crippen molar-refractivity contribution in [2.45, 2.75) is 39.0 Å². The maximum Gasteiger partial charge on any atom is 0.0968 e. The highest BCUT2D eigenvalue weighted by molar-refractivity contribution is 5.09. The van der Waals surface area contributed by atoms with Gasteiger partial charge in [-0.15, -0.1) is 0 Å². The summed E-state index contributed by atoms with van der Waals surface area (Å²) in [6.45, 7) is 4.75. The smallest absolute Gasteiger partial charge is 0.0968 e. The van der Waals surface area contributed by atoms with Crippen LogP contribution in [0.5, 0.6) is 0 Å². The molecule has 0 amide bonds. The summed E-state index contributed by atoms with van der Waals surface area (Å²) in [5.74, 6) is 0. The van der Waals surface area contributed by atoms with Crippen molar-refractivity contribution in [2.75, 3.05) is 0 Å². The van der Waals surface area contributed by atoms with Gasteiger partial charge in [0.25, 0.3) is 0 Å². The van der Waals surface area contributed by atoms with Crippen molar-refractivity contribution in [3.8, 4) is 0 Å². The van der Waals surface area contributed by atoms with Gasteiger partial charge in [-0.25, -0.2) is 0 Å². The van der Waals surface area contributed by atoms with Crippen LogP contribution in [0.3, 0.4) is 0 Å². The first-order valence-corrected chi connectivity index (χ1v) is 4.61. The Labute approximate surface area is 78.4 Å². The number of rotatable bonds is 4. The van der Waals surface area contributed by atoms with Crippen LogP contribution in [0.2, 0.25) is 0 Å². The second-order valence-electron chi connectivity index (χ2n) is 3.34. The molecular formula is C9H17N3O. The molecule has 0 saturated carbocycles. The van der Waals surface area contributed by atoms with Gasteiger partial charge in [-0.3, -0.25) is 4.68 Å². The molecular weight excluding hydrogens is 166 g/mol. The summed E-state index contributed by atoms with van der Waals surface area (Å²) in [6, 6.07) is -0.251. The minimum atomic E-state index is -0.606. The number of hydrogen-bond acceptors (Lipinski definition) is 3. The number of hydrogen-bond donors (Lipinski definition) is 2. The maximum absolute atomic E-state index is 9.60. The second-order valence-corrected chi connectivity index (χ2v) is 3.34. The Bertz CT molecular complexity index is 257. The van der Waals surface area contributed by atoms with Crippen molar-refractivity contribution in [1.29, 1.82) is 0 Å². The summed E-state index contributed by atoms with van der Waals surface area (Å²) >= 11 is 0. The summed E-state index contributed by atoms with van der Waals surface area (Å²) in [7, 11) is 0. The van der Waals surface area contributed by atoms with E-state index in [1.54, 1.807) is 13.1 Å². The normalized spacial score (nSPS) is 15.7. The molecule has 0 aliphatic carbocycles. The minimum absolute atomic E-state index is 0.251. The molecule has 74 valence electrons. The Balaban J connectivity index is 2.67. The molecule has 4 nitrogen and oxygen atoms in total. The lowest BCUT2D eigenvalue weighted by Gasteiger charge is -2.11. The third kappa shape index (κ3) is 2.54. The molecule has 1 aromatic rings. The van der Waals surface area contributed by atoms with Crippen molar-refractivity contribution in [2.24, 2.45) is 5.73 Å². The third-order valence-electron chi connectivity index (χ3n) is 1.95. The summed E-state index contributed by atoms with van der Waals surface area (Å²) in [5.41, 5.74) is 6.36. The average Bonchev–Trinajstić information content (AvgIpc) is 2.52. The molecule has 0 aliphatic rings. The number of aliphatic hydroxyl groups excluding tert-OH is 1. The lowest BCUT2D eigenvalue weighted by atomic mass is 10.1. The van der Waals surface area contributed by atoms with Gasteiger partial charge in [-0.05, 0) is 13.3 Å². The Hall–Kier alpha value is -0.870. The molecule has 2 atom stereocenters. The van der Waals surface area contributed by atoms with Crippen LogP contribution in [-0.4, -0.2) is 20.9 Å². The summed E-state index contributed by atoms with van der Waals surface area (Å²) in [6.07, 6.45) is 3.95. The van der Waals surface area contributed by atoms with Gasteiger partial charge in [0.05, 0.1) is 12.3 Å². The van der Waals surface area contributed by atoms with Gasteiger partial charge < -0.3 is 10.8 Å². The first kappa shape index (κ1) is 10.2. The lowest BCUT2D eigenvalue weighted by molar-refractivity contribution is 0.153. The number of nitrogens with two attached hydrogens (primary N) is 1. The molecule has 0 bridgehead atoms. The van der Waals surface area contributed by atoms with Gasteiger partial charge in [-0.1, -0.05) is 6.92 Å². The van der Waals surface area contributed by atoms with E-state index in [9.17, 15) is 5.11 Å². The molecule has 0 aromatic carbocycles. The number of aryl methyl sites for hydroxylation is 1. The van der Waals surface area contributed by atoms with Crippen LogP contribution in [0.15, 0.2) is 12.4 Å². The van der Waals surface area contributed by atoms with Crippen molar-refractivity contribution in [3.05, 3.63) is 18.0 Å². The Kier molecular flexibility index (Phi) is 3.45. The van der Waals surface area contributed by atoms with Crippen LogP contribution in [0.4, 0.5) is 0 Å². The fourth-order valence-electron chi connectivity index (χ4n) is 1.19. The Morgan fingerprint density at radius 2 is 2.38 bits per heavy atom. The fourth-order valence-corrected chi connectivity index (χ4v) is 1.19. The van der Waals surface area contributed by atoms with Crippen LogP contribution in [0, 0.1) is 0 Å². The molecule has 1 heterocycles. The predicted octanol–water partition coefficient (Wildman–Crippen LogP) is 0.674. The molecule has 1 aromatic heterocycles. The number of aromatic nitrogens is 2. The molecule has 2 unspecified atom stereocenters. The quantitative estimate of drug-likeness (QED) is 0.721. The Morgan fingerprint density at radius 3 is 2.92 bits per heavy atom. The monoisotopic (exact) mass is 183 g/mol. The zero-order valence-corrected chi connectivity index (χ0v) is 8.14. The summed E-state index contributed by atoms with van der Waals surface area (Å²) in [5, 5.41) is 13.7. The molecule has 0 saturated heterocycles. The molecule has 3 N–H and O–H groups in total. The SMILES string of the molecule is CCCn1cc(C(O)C(C)N)cn1. The van der Waals surface area contributed by atoms with Crippen molar-refractivity contribution < 1.29 is 5.11 Å². The molecule has 0 aliphatic heterocycles. The van der Waals surface area contributed by atoms with Gasteiger partial charge in [0.15, 0.2) is 0 Å². The van der Waals surface area contributed by atoms with Gasteiger partial charge in [0.2, 0.25) is 0 Å². The Morgan fingerprint density at radius 1 is 1.69 bits per heavy atom. The van der Waals surface area contributed by atoms with Gasteiger partial charge in [0, 0.05) is 24.3 Å². The van der Waals surface area contributed by atoms with E-state index in [1.165, 1.54) is 0 Å². The number of nitrogens with zero attached hydrogens (tertiary/aromatic N) is 2. The van der Waals surface area contributed by atoms with E-state index < -0.39 is 6.10 Å². The largest absolute Gasteiger partial charge is 0.387 e. The molecule has 0 spiro atoms. The molecule has 0 radical (unpaired) electrons. The maximum atomic E-state index is 9.60. The van der Waals surface area contributed by atoms with E-state index in [-0.39, 0.29) is 6.04 Å². The van der Waals surface area contributed by atoms with E-state index in [2.05, 4.69) is 12.0 Å². The first-order valence-electron chi connectivity index (χ1n) is 4.61. The van der Waals surface area contributed by atoms with E-state index in [1.807, 2.05) is 10.9 Å². The summed E-state index contributed by atoms with van der Waals surface area (Å²) in [4.78, 5) is 0. The zero-order chi connectivity index (χ0) is 9.84. The minimum Gasteiger partial charge on any atom is -0.387 e. The second kappa shape index (κ2) is 4.39. The third-order valence-corrected chi connectivity index (χ3v) is 1.95. The molecule has 13 heavy (non-hydrogen) atoms. The van der Waals surface area contributed by atoms with E-state index in [4.69, 9.17) is 5.73 Å². The van der Waals surface area contributed by atoms with Gasteiger partial charge in [-0.2, -0.15) is 5.10 Å². The first-order chi connectivity index (χ1) is 6.15. The highest BCUT2D eigenvalue weighted by atomic mass is 16.3. The van der Waals surface area contributed by atoms with Crippen LogP contribution >= 0.6 is 0 Å². The van der Waals surface area contributed by atoms with Crippen molar-refractivity contribution >= 4 is 0 Å². The van der Waals surface area contributed by atoms with Gasteiger partial charge >= 0.3 is 0 Å². The standard InChI is InChI=1S/C9H17N3O/c1-3-4-12-6-8(5-11-12)9(13)7(2)10/h5-7,9,13H,3-4,10H2,1-2H3. The molecule has 4 heteroatoms. The van der Waals surface area contributed by atoms with E-state index >= 15 is 0 Å². The highest BCUT2D eigenvalue weighted by Crippen LogP contribution is 2.14. The topological polar surface area (TPSA) is 64.1 Å². The van der Waals surface area contributed by atoms with Crippen LogP contribution < -0.4 is 5.73 Å². The van der Waals surface area contributed by atoms with Crippen LogP contribution in [-0.2, 0) is 6.54 Å². The van der Waals surface area contributed by atoms with Crippen molar-refractivity contribution in [3.63, 3.8) is 0 Å². The predicted molar refractivity (Wildman–Crippen MR) is 51.1 cm³/mol. The highest BCUT2D eigenvalue weighted by Gasteiger charge is 2.13. The molecule has 1 rings (SSSR count). The lowest BCUT2D eigenvalue weighted by Crippen LogP contribution is -2.24. The van der Waals surface area contributed by atoms with Crippen molar-refractivity contribution in [1.82, 2.24) is 9.78 Å². The molecule has 0 fully saturated rings. The average molecular weight is 183 g/mol. The zero-order valence-electron chi connectivity index (χ0n) is 8.14. The van der Waals surface area contributed by atoms with Crippen LogP contribution in [0.1, 0.15) is 31.9 Å². The van der Waals surface area contributed by atoms with E-state index in [0.29, 0.717) is 0 Å². The number of aliphatic hydroxyl groups is 1. The van der Waals surface area contributed by atoms with E-state index in [0.717, 1.165) is 18.5 Å². The fraction of sp³-hybridized carbons (Fsp3) is 0.667. The van der Waals surface area contributed by atoms with Crippen LogP contribution in [0.25, 0.3) is 0 Å². The van der Waals surface area contributed by atoms with Gasteiger partial charge in [0.1, 0.15) is 0 Å².